The maximum absolute atomic E-state index is 11.2. The molecule has 120 valence electrons. The summed E-state index contributed by atoms with van der Waals surface area (Å²) >= 11 is 0. The van der Waals surface area contributed by atoms with Gasteiger partial charge in [0, 0.05) is 6.07 Å². The van der Waals surface area contributed by atoms with Gasteiger partial charge in [-0.25, -0.2) is 4.98 Å². The number of benzene rings is 1. The Morgan fingerprint density at radius 1 is 1.22 bits per heavy atom. The van der Waals surface area contributed by atoms with Crippen LogP contribution < -0.4 is 14.6 Å². The number of hydrogen-bond acceptors (Lipinski definition) is 4. The smallest absolute Gasteiger partial charge is 0.357 e. The predicted molar refractivity (Wildman–Crippen MR) is 86.8 cm³/mol. The summed E-state index contributed by atoms with van der Waals surface area (Å²) in [7, 11) is 1.69. The van der Waals surface area contributed by atoms with Crippen LogP contribution in [-0.4, -0.2) is 25.1 Å². The van der Waals surface area contributed by atoms with E-state index in [0.717, 1.165) is 31.7 Å². The van der Waals surface area contributed by atoms with E-state index >= 15 is 0 Å². The quantitative estimate of drug-likeness (QED) is 0.643. The van der Waals surface area contributed by atoms with Gasteiger partial charge in [-0.05, 0) is 36.5 Å². The highest BCUT2D eigenvalue weighted by atomic mass is 16.6. The van der Waals surface area contributed by atoms with Gasteiger partial charge >= 0.3 is 11.5 Å². The number of anilines is 1. The number of H-pyrrole nitrogens is 1. The first-order chi connectivity index (χ1) is 11.2. The van der Waals surface area contributed by atoms with Gasteiger partial charge in [-0.1, -0.05) is 18.2 Å². The van der Waals surface area contributed by atoms with E-state index in [4.69, 9.17) is 4.74 Å². The monoisotopic (exact) mass is 314 g/mol. The topological polar surface area (TPSA) is 69.8 Å². The van der Waals surface area contributed by atoms with Gasteiger partial charge in [0.25, 0.3) is 0 Å². The van der Waals surface area contributed by atoms with Gasteiger partial charge < -0.3 is 4.74 Å². The van der Waals surface area contributed by atoms with Gasteiger partial charge in [-0.3, -0.25) is 15.0 Å². The molecule has 6 nitrogen and oxygen atoms in total. The van der Waals surface area contributed by atoms with E-state index < -0.39 is 0 Å². The van der Waals surface area contributed by atoms with Gasteiger partial charge in [-0.2, -0.15) is 0 Å². The molecule has 1 N–H and O–H groups in total. The molecular formula is C17H20N3O3+. The first-order valence-electron chi connectivity index (χ1n) is 7.73. The minimum Gasteiger partial charge on any atom is -0.496 e. The molecule has 0 bridgehead atoms. The molecule has 1 aliphatic rings. The molecule has 2 heterocycles. The molecule has 23 heavy (non-hydrogen) atoms. The molecule has 2 aromatic rings. The maximum atomic E-state index is 11.2. The Kier molecular flexibility index (Phi) is 4.41. The van der Waals surface area contributed by atoms with Crippen LogP contribution in [0.15, 0.2) is 42.6 Å². The van der Waals surface area contributed by atoms with E-state index in [2.05, 4.69) is 16.0 Å². The molecule has 0 spiro atoms. The third-order valence-corrected chi connectivity index (χ3v) is 4.40. The van der Waals surface area contributed by atoms with Crippen LogP contribution in [-0.2, 0) is 0 Å². The van der Waals surface area contributed by atoms with Gasteiger partial charge in [0.1, 0.15) is 5.75 Å². The van der Waals surface area contributed by atoms with Crippen LogP contribution >= 0.6 is 0 Å². The summed E-state index contributed by atoms with van der Waals surface area (Å²) in [5.74, 6) is 1.93. The van der Waals surface area contributed by atoms with Crippen molar-refractivity contribution in [2.24, 2.45) is 0 Å². The third kappa shape index (κ3) is 3.11. The highest BCUT2D eigenvalue weighted by Gasteiger charge is 2.32. The molecule has 0 unspecified atom stereocenters. The van der Waals surface area contributed by atoms with Crippen molar-refractivity contribution >= 4 is 11.5 Å². The van der Waals surface area contributed by atoms with E-state index in [9.17, 15) is 10.1 Å². The first kappa shape index (κ1) is 15.3. The van der Waals surface area contributed by atoms with Crippen LogP contribution in [0.2, 0.25) is 0 Å². The Labute approximate surface area is 134 Å². The SMILES string of the molecule is COc1ccccc1C1CCN(c2[nH+]cccc2[N+](=O)[O-])CC1. The second-order valence-corrected chi connectivity index (χ2v) is 5.66. The molecular weight excluding hydrogens is 294 g/mol. The summed E-state index contributed by atoms with van der Waals surface area (Å²) in [6, 6.07) is 11.3. The number of hydrogen-bond donors (Lipinski definition) is 0. The van der Waals surface area contributed by atoms with Crippen molar-refractivity contribution in [3.63, 3.8) is 0 Å². The molecule has 0 aliphatic carbocycles. The summed E-state index contributed by atoms with van der Waals surface area (Å²) in [6.45, 7) is 1.56. The number of nitrogens with one attached hydrogen (secondary N) is 1. The average molecular weight is 314 g/mol. The van der Waals surface area contributed by atoms with Gasteiger partial charge in [0.05, 0.1) is 31.3 Å². The van der Waals surface area contributed by atoms with Crippen molar-refractivity contribution < 1.29 is 14.6 Å². The minimum absolute atomic E-state index is 0.128. The number of methoxy groups -OCH3 is 1. The van der Waals surface area contributed by atoms with Crippen molar-refractivity contribution in [3.05, 3.63) is 58.3 Å². The van der Waals surface area contributed by atoms with E-state index in [1.54, 1.807) is 19.4 Å². The minimum atomic E-state index is -0.335. The second-order valence-electron chi connectivity index (χ2n) is 5.66. The molecule has 1 saturated heterocycles. The average Bonchev–Trinajstić information content (AvgIpc) is 2.62. The zero-order chi connectivity index (χ0) is 16.2. The van der Waals surface area contributed by atoms with E-state index in [0.29, 0.717) is 11.7 Å². The lowest BCUT2D eigenvalue weighted by molar-refractivity contribution is -0.411. The van der Waals surface area contributed by atoms with Crippen LogP contribution in [0.3, 0.4) is 0 Å². The molecule has 0 atom stereocenters. The lowest BCUT2D eigenvalue weighted by atomic mass is 9.89. The normalized spacial score (nSPS) is 15.4. The van der Waals surface area contributed by atoms with E-state index in [-0.39, 0.29) is 10.6 Å². The third-order valence-electron chi connectivity index (χ3n) is 4.40. The van der Waals surface area contributed by atoms with Crippen LogP contribution in [0.1, 0.15) is 24.3 Å². The van der Waals surface area contributed by atoms with Crippen LogP contribution in [0, 0.1) is 10.1 Å². The Hall–Kier alpha value is -2.63. The molecule has 6 heteroatoms. The maximum Gasteiger partial charge on any atom is 0.357 e. The number of rotatable bonds is 4. The summed E-state index contributed by atoms with van der Waals surface area (Å²) in [4.78, 5) is 15.9. The van der Waals surface area contributed by atoms with Crippen molar-refractivity contribution in [2.75, 3.05) is 25.1 Å². The van der Waals surface area contributed by atoms with Gasteiger partial charge in [0.15, 0.2) is 0 Å². The molecule has 1 aromatic heterocycles. The van der Waals surface area contributed by atoms with Crippen molar-refractivity contribution in [2.45, 2.75) is 18.8 Å². The van der Waals surface area contributed by atoms with Gasteiger partial charge in [0.2, 0.25) is 0 Å². The Morgan fingerprint density at radius 2 is 1.96 bits per heavy atom. The predicted octanol–water partition coefficient (Wildman–Crippen LogP) is 2.80. The summed E-state index contributed by atoms with van der Waals surface area (Å²) in [6.07, 6.45) is 3.62. The van der Waals surface area contributed by atoms with Crippen molar-refractivity contribution in [3.8, 4) is 5.75 Å². The number of nitro groups is 1. The second kappa shape index (κ2) is 6.64. The molecule has 0 saturated carbocycles. The molecule has 0 radical (unpaired) electrons. The van der Waals surface area contributed by atoms with Gasteiger partial charge in [-0.15, -0.1) is 0 Å². The number of pyridine rings is 1. The lowest BCUT2D eigenvalue weighted by Crippen LogP contribution is -2.37. The Morgan fingerprint density at radius 3 is 2.65 bits per heavy atom. The number of piperidine rings is 1. The number of ether oxygens (including phenoxy) is 1. The molecule has 1 aliphatic heterocycles. The zero-order valence-corrected chi connectivity index (χ0v) is 13.1. The van der Waals surface area contributed by atoms with Crippen LogP contribution in [0.4, 0.5) is 11.5 Å². The Bertz CT molecular complexity index is 697. The molecule has 3 rings (SSSR count). The number of para-hydroxylation sites is 1. The highest BCUT2D eigenvalue weighted by molar-refractivity contribution is 5.53. The molecule has 0 amide bonds. The number of aromatic amines is 1. The summed E-state index contributed by atoms with van der Waals surface area (Å²) in [5, 5.41) is 11.2. The standard InChI is InChI=1S/C17H19N3O3/c1-23-16-7-3-2-5-14(16)13-8-11-19(12-9-13)17-15(20(21)22)6-4-10-18-17/h2-7,10,13H,8-9,11-12H2,1H3/p+1. The van der Waals surface area contributed by atoms with Crippen molar-refractivity contribution in [1.82, 2.24) is 0 Å². The van der Waals surface area contributed by atoms with Crippen molar-refractivity contribution in [1.29, 1.82) is 0 Å². The number of nitrogens with zero attached hydrogens (tertiary/aromatic N) is 2. The fourth-order valence-electron chi connectivity index (χ4n) is 3.24. The largest absolute Gasteiger partial charge is 0.496 e. The lowest BCUT2D eigenvalue weighted by Gasteiger charge is -2.28. The van der Waals surface area contributed by atoms with Crippen LogP contribution in [0.25, 0.3) is 0 Å². The fourth-order valence-corrected chi connectivity index (χ4v) is 3.24. The molecule has 1 fully saturated rings. The van der Waals surface area contributed by atoms with Crippen LogP contribution in [0.5, 0.6) is 5.75 Å². The summed E-state index contributed by atoms with van der Waals surface area (Å²) < 4.78 is 5.45. The van der Waals surface area contributed by atoms with E-state index in [1.807, 2.05) is 18.2 Å². The summed E-state index contributed by atoms with van der Waals surface area (Å²) in [5.41, 5.74) is 1.35. The number of aromatic nitrogens is 1. The van der Waals surface area contributed by atoms with E-state index in [1.165, 1.54) is 11.6 Å². The molecule has 1 aromatic carbocycles. The fraction of sp³-hybridized carbons (Fsp3) is 0.353. The Balaban J connectivity index is 1.75. The highest BCUT2D eigenvalue weighted by Crippen LogP contribution is 2.35. The zero-order valence-electron chi connectivity index (χ0n) is 13.1. The first-order valence-corrected chi connectivity index (χ1v) is 7.73.